The van der Waals surface area contributed by atoms with Crippen LogP contribution < -0.4 is 9.47 Å². The minimum Gasteiger partial charge on any atom is -0.507 e. The fraction of sp³-hybridized carbons (Fsp3) is 0.294. The van der Waals surface area contributed by atoms with Crippen molar-refractivity contribution in [3.63, 3.8) is 0 Å². The number of rotatable bonds is 0. The largest absolute Gasteiger partial charge is 0.507 e. The third kappa shape index (κ3) is 6.66. The molecule has 1 heterocycles. The molecule has 2 aliphatic rings. The van der Waals surface area contributed by atoms with Gasteiger partial charge in [0.05, 0.1) is 26.4 Å². The molecule has 0 fully saturated rings. The first-order chi connectivity index (χ1) is 20.5. The van der Waals surface area contributed by atoms with E-state index < -0.39 is 0 Å². The van der Waals surface area contributed by atoms with Gasteiger partial charge in [-0.25, -0.2) is 0 Å². The average molecular weight is 790 g/mol. The highest BCUT2D eigenvalue weighted by atomic mass is 127. The Hall–Kier alpha value is -2.54. The molecule has 1 aliphatic heterocycles. The summed E-state index contributed by atoms with van der Waals surface area (Å²) in [6.07, 6.45) is 2.01. The van der Waals surface area contributed by atoms with Crippen LogP contribution >= 0.6 is 45.2 Å². The third-order valence-corrected chi connectivity index (χ3v) is 8.91. The van der Waals surface area contributed by atoms with Crippen molar-refractivity contribution in [2.45, 2.75) is 25.7 Å². The number of phenolic OH excluding ortho intramolecular Hbond substituents is 2. The van der Waals surface area contributed by atoms with Crippen LogP contribution in [-0.4, -0.2) is 49.9 Å². The minimum atomic E-state index is 0.251. The Balaban J connectivity index is 1.56. The van der Waals surface area contributed by atoms with Crippen LogP contribution in [-0.2, 0) is 35.2 Å². The molecule has 8 heteroatoms. The van der Waals surface area contributed by atoms with E-state index in [4.69, 9.17) is 18.9 Å². The lowest BCUT2D eigenvalue weighted by Crippen LogP contribution is -2.14. The molecule has 6 rings (SSSR count). The molecule has 0 aromatic heterocycles. The Morgan fingerprint density at radius 3 is 1.14 bits per heavy atom. The van der Waals surface area contributed by atoms with Crippen LogP contribution in [0.4, 0.5) is 0 Å². The molecular formula is C34H32I2O6. The summed E-state index contributed by atoms with van der Waals surface area (Å²) in [5.41, 5.74) is 7.27. The number of fused-ring (bicyclic) bond motifs is 4. The van der Waals surface area contributed by atoms with Crippen LogP contribution in [0, 0.1) is 7.14 Å². The van der Waals surface area contributed by atoms with Crippen molar-refractivity contribution in [2.24, 2.45) is 0 Å². The van der Waals surface area contributed by atoms with Crippen LogP contribution in [0.15, 0.2) is 60.7 Å². The van der Waals surface area contributed by atoms with Crippen LogP contribution in [0.25, 0.3) is 0 Å². The SMILES string of the molecule is Oc1c2cc(I)cc1Cc1cccc3c1OCCOCCOCCOc1c(cccc1C3)Cc1cc(I)cc(c1O)C2. The first-order valence-electron chi connectivity index (χ1n) is 14.1. The van der Waals surface area contributed by atoms with Crippen molar-refractivity contribution in [1.82, 2.24) is 0 Å². The van der Waals surface area contributed by atoms with Gasteiger partial charge >= 0.3 is 0 Å². The number of hydrogen-bond acceptors (Lipinski definition) is 6. The summed E-state index contributed by atoms with van der Waals surface area (Å²) < 4.78 is 26.4. The van der Waals surface area contributed by atoms with E-state index in [2.05, 4.69) is 81.6 Å². The second-order valence-electron chi connectivity index (χ2n) is 10.6. The molecule has 0 radical (unpaired) electrons. The quantitative estimate of drug-likeness (QED) is 0.169. The normalized spacial score (nSPS) is 15.8. The van der Waals surface area contributed by atoms with Crippen molar-refractivity contribution < 1.29 is 29.2 Å². The maximum Gasteiger partial charge on any atom is 0.126 e. The van der Waals surface area contributed by atoms with Crippen molar-refractivity contribution in [1.29, 1.82) is 0 Å². The topological polar surface area (TPSA) is 77.4 Å². The van der Waals surface area contributed by atoms with Gasteiger partial charge in [0.25, 0.3) is 0 Å². The van der Waals surface area contributed by atoms with Gasteiger partial charge < -0.3 is 29.2 Å². The zero-order valence-electron chi connectivity index (χ0n) is 23.1. The Labute approximate surface area is 273 Å². The summed E-state index contributed by atoms with van der Waals surface area (Å²) >= 11 is 4.60. The molecule has 0 saturated carbocycles. The summed E-state index contributed by atoms with van der Waals surface area (Å²) in [6, 6.07) is 20.5. The van der Waals surface area contributed by atoms with E-state index in [0.717, 1.165) is 63.1 Å². The molecule has 1 aliphatic carbocycles. The van der Waals surface area contributed by atoms with Crippen LogP contribution in [0.3, 0.4) is 0 Å². The van der Waals surface area contributed by atoms with Gasteiger partial charge in [0.2, 0.25) is 0 Å². The van der Waals surface area contributed by atoms with Gasteiger partial charge in [-0.15, -0.1) is 0 Å². The molecule has 4 aromatic carbocycles. The van der Waals surface area contributed by atoms with E-state index in [1.54, 1.807) is 0 Å². The molecule has 218 valence electrons. The second kappa shape index (κ2) is 13.4. The first kappa shape index (κ1) is 29.5. The predicted molar refractivity (Wildman–Crippen MR) is 178 cm³/mol. The molecule has 42 heavy (non-hydrogen) atoms. The molecule has 0 spiro atoms. The highest BCUT2D eigenvalue weighted by Gasteiger charge is 2.21. The zero-order valence-corrected chi connectivity index (χ0v) is 27.4. The Morgan fingerprint density at radius 2 is 0.762 bits per heavy atom. The lowest BCUT2D eigenvalue weighted by molar-refractivity contribution is 0.0273. The highest BCUT2D eigenvalue weighted by Crippen LogP contribution is 2.39. The number of phenols is 2. The highest BCUT2D eigenvalue weighted by molar-refractivity contribution is 14.1. The summed E-state index contributed by atoms with van der Waals surface area (Å²) in [5.74, 6) is 2.13. The maximum absolute atomic E-state index is 11.5. The fourth-order valence-electron chi connectivity index (χ4n) is 5.73. The Bertz CT molecular complexity index is 1480. The van der Waals surface area contributed by atoms with E-state index >= 15 is 0 Å². The Morgan fingerprint density at radius 1 is 0.452 bits per heavy atom. The molecule has 0 atom stereocenters. The number of hydrogen-bond donors (Lipinski definition) is 2. The zero-order chi connectivity index (χ0) is 29.1. The van der Waals surface area contributed by atoms with Gasteiger partial charge in [0.15, 0.2) is 0 Å². The fourth-order valence-corrected chi connectivity index (χ4v) is 7.23. The van der Waals surface area contributed by atoms with E-state index in [-0.39, 0.29) is 11.5 Å². The van der Waals surface area contributed by atoms with Gasteiger partial charge in [-0.3, -0.25) is 0 Å². The Kier molecular flexibility index (Phi) is 9.42. The number of ether oxygens (including phenoxy) is 4. The van der Waals surface area contributed by atoms with Gasteiger partial charge in [0.1, 0.15) is 36.2 Å². The van der Waals surface area contributed by atoms with Crippen molar-refractivity contribution in [3.05, 3.63) is 112 Å². The van der Waals surface area contributed by atoms with Crippen molar-refractivity contribution >= 4 is 45.2 Å². The van der Waals surface area contributed by atoms with E-state index in [0.29, 0.717) is 65.3 Å². The van der Waals surface area contributed by atoms with Gasteiger partial charge in [-0.1, -0.05) is 36.4 Å². The molecule has 0 amide bonds. The van der Waals surface area contributed by atoms with Crippen molar-refractivity contribution in [3.8, 4) is 23.0 Å². The molecule has 10 bridgehead atoms. The van der Waals surface area contributed by atoms with Crippen molar-refractivity contribution in [2.75, 3.05) is 39.6 Å². The number of benzene rings is 4. The summed E-state index contributed by atoms with van der Waals surface area (Å²) in [6.45, 7) is 2.67. The number of aromatic hydroxyl groups is 2. The van der Waals surface area contributed by atoms with Crippen LogP contribution in [0.5, 0.6) is 23.0 Å². The minimum absolute atomic E-state index is 0.251. The molecule has 6 nitrogen and oxygen atoms in total. The molecule has 2 N–H and O–H groups in total. The lowest BCUT2D eigenvalue weighted by atomic mass is 9.91. The van der Waals surface area contributed by atoms with E-state index in [1.165, 1.54) is 0 Å². The number of para-hydroxylation sites is 2. The van der Waals surface area contributed by atoms with Gasteiger partial charge in [-0.2, -0.15) is 0 Å². The molecule has 0 saturated heterocycles. The predicted octanol–water partition coefficient (Wildman–Crippen LogP) is 6.79. The molecule has 0 unspecified atom stereocenters. The van der Waals surface area contributed by atoms with Gasteiger partial charge in [0, 0.05) is 32.8 Å². The summed E-state index contributed by atoms with van der Waals surface area (Å²) in [5, 5.41) is 23.0. The smallest absolute Gasteiger partial charge is 0.126 e. The standard InChI is InChI=1S/C34H32I2O6/c35-29-17-25-14-23-5-1-3-21-13-22-4-2-6-24(34(22)42-12-10-40-8-7-39-9-11-41-33(21)23)15-26-18-30(36)20-28(32(26)38)16-27(19-29)31(25)37/h1-6,17-20,37-38H,7-16H2. The molecular weight excluding hydrogens is 758 g/mol. The second-order valence-corrected chi connectivity index (χ2v) is 13.1. The maximum atomic E-state index is 11.5. The first-order valence-corrected chi connectivity index (χ1v) is 16.2. The summed E-state index contributed by atoms with van der Waals surface area (Å²) in [7, 11) is 0. The average Bonchev–Trinajstić information content (AvgIpc) is 2.96. The van der Waals surface area contributed by atoms with E-state index in [1.807, 2.05) is 24.3 Å². The lowest BCUT2D eigenvalue weighted by Gasteiger charge is -2.21. The van der Waals surface area contributed by atoms with Gasteiger partial charge in [-0.05, 0) is 114 Å². The van der Waals surface area contributed by atoms with Crippen LogP contribution in [0.1, 0.15) is 44.5 Å². The van der Waals surface area contributed by atoms with Crippen LogP contribution in [0.2, 0.25) is 0 Å². The number of halogens is 2. The molecule has 4 aromatic rings. The monoisotopic (exact) mass is 790 g/mol. The van der Waals surface area contributed by atoms with E-state index in [9.17, 15) is 10.2 Å². The third-order valence-electron chi connectivity index (χ3n) is 7.67. The summed E-state index contributed by atoms with van der Waals surface area (Å²) in [4.78, 5) is 0.